The molecule has 0 radical (unpaired) electrons. The topological polar surface area (TPSA) is 47.7 Å². The molecule has 0 aliphatic heterocycles. The Morgan fingerprint density at radius 1 is 1.14 bits per heavy atom. The number of benzene rings is 1. The molecule has 0 saturated carbocycles. The van der Waals surface area contributed by atoms with Gasteiger partial charge in [0.25, 0.3) is 0 Å². The van der Waals surface area contributed by atoms with Crippen LogP contribution in [0.3, 0.4) is 0 Å². The molecule has 0 saturated heterocycles. The fourth-order valence-corrected chi connectivity index (χ4v) is 2.35. The minimum Gasteiger partial charge on any atom is -0.490 e. The summed E-state index contributed by atoms with van der Waals surface area (Å²) in [6, 6.07) is 5.03. The van der Waals surface area contributed by atoms with Gasteiger partial charge < -0.3 is 15.2 Å². The molecule has 1 aromatic rings. The average Bonchev–Trinajstić information content (AvgIpc) is 2.46. The Morgan fingerprint density at radius 2 is 1.81 bits per heavy atom. The molecule has 0 spiro atoms. The van der Waals surface area contributed by atoms with Crippen LogP contribution in [-0.4, -0.2) is 37.8 Å². The highest BCUT2D eigenvalue weighted by molar-refractivity contribution is 5.44. The highest BCUT2D eigenvalue weighted by atomic mass is 19.3. The molecule has 0 aliphatic carbocycles. The van der Waals surface area contributed by atoms with E-state index >= 15 is 0 Å². The molecule has 0 bridgehead atoms. The summed E-state index contributed by atoms with van der Waals surface area (Å²) >= 11 is 0. The van der Waals surface area contributed by atoms with Gasteiger partial charge in [-0.25, -0.2) is 0 Å². The van der Waals surface area contributed by atoms with E-state index in [9.17, 15) is 8.78 Å². The maximum absolute atomic E-state index is 12.4. The number of hydrogen-bond donors (Lipinski definition) is 1. The zero-order valence-corrected chi connectivity index (χ0v) is 12.8. The molecular formula is C15H24F2N2O2. The number of nitrogens with two attached hydrogens (primary N) is 1. The highest BCUT2D eigenvalue weighted by Gasteiger charge is 2.19. The smallest absolute Gasteiger partial charge is 0.387 e. The van der Waals surface area contributed by atoms with Crippen LogP contribution in [0.4, 0.5) is 8.78 Å². The van der Waals surface area contributed by atoms with Crippen LogP contribution >= 0.6 is 0 Å². The summed E-state index contributed by atoms with van der Waals surface area (Å²) in [4.78, 5) is 2.21. The highest BCUT2D eigenvalue weighted by Crippen LogP contribution is 2.33. The molecule has 0 amide bonds. The third kappa shape index (κ3) is 4.82. The summed E-state index contributed by atoms with van der Waals surface area (Å²) in [6.07, 6.45) is 0. The van der Waals surface area contributed by atoms with Crippen LogP contribution in [0.1, 0.15) is 32.4 Å². The molecule has 4 nitrogen and oxygen atoms in total. The van der Waals surface area contributed by atoms with Gasteiger partial charge in [0.15, 0.2) is 11.5 Å². The van der Waals surface area contributed by atoms with Gasteiger partial charge in [0.2, 0.25) is 0 Å². The lowest BCUT2D eigenvalue weighted by Crippen LogP contribution is -2.33. The van der Waals surface area contributed by atoms with Crippen LogP contribution in [0.5, 0.6) is 11.5 Å². The fraction of sp³-hybridized carbons (Fsp3) is 0.600. The standard InChI is InChI=1S/C15H24F2N2O2/c1-4-19(5-2)12(10-18)11-7-8-13(21-15(16)17)14(9-11)20-6-3/h7-9,12,15H,4-6,10,18H2,1-3H3. The van der Waals surface area contributed by atoms with Gasteiger partial charge >= 0.3 is 6.61 Å². The zero-order chi connectivity index (χ0) is 15.8. The third-order valence-corrected chi connectivity index (χ3v) is 3.34. The zero-order valence-electron chi connectivity index (χ0n) is 12.8. The summed E-state index contributed by atoms with van der Waals surface area (Å²) in [6.45, 7) is 5.58. The summed E-state index contributed by atoms with van der Waals surface area (Å²) in [5.41, 5.74) is 6.80. The van der Waals surface area contributed by atoms with Crippen molar-refractivity contribution in [1.82, 2.24) is 4.90 Å². The Labute approximate surface area is 124 Å². The normalized spacial score (nSPS) is 12.8. The van der Waals surface area contributed by atoms with Crippen molar-refractivity contribution in [2.75, 3.05) is 26.2 Å². The van der Waals surface area contributed by atoms with Crippen molar-refractivity contribution < 1.29 is 18.3 Å². The molecular weight excluding hydrogens is 278 g/mol. The molecule has 0 aliphatic rings. The first kappa shape index (κ1) is 17.7. The molecule has 1 rings (SSSR count). The molecule has 0 heterocycles. The second-order valence-corrected chi connectivity index (χ2v) is 4.49. The Balaban J connectivity index is 3.10. The second-order valence-electron chi connectivity index (χ2n) is 4.49. The summed E-state index contributed by atoms with van der Waals surface area (Å²) < 4.78 is 34.7. The van der Waals surface area contributed by atoms with E-state index in [1.54, 1.807) is 19.1 Å². The van der Waals surface area contributed by atoms with E-state index in [1.165, 1.54) is 6.07 Å². The molecule has 1 unspecified atom stereocenters. The van der Waals surface area contributed by atoms with Crippen molar-refractivity contribution in [3.8, 4) is 11.5 Å². The molecule has 0 aromatic heterocycles. The lowest BCUT2D eigenvalue weighted by molar-refractivity contribution is -0.0514. The van der Waals surface area contributed by atoms with Crippen LogP contribution in [0, 0.1) is 0 Å². The molecule has 1 aromatic carbocycles. The van der Waals surface area contributed by atoms with Gasteiger partial charge in [-0.15, -0.1) is 0 Å². The Kier molecular flexibility index (Phi) is 7.39. The number of rotatable bonds is 9. The predicted octanol–water partition coefficient (Wildman–Crippen LogP) is 3.03. The van der Waals surface area contributed by atoms with Gasteiger partial charge in [-0.2, -0.15) is 8.78 Å². The lowest BCUT2D eigenvalue weighted by atomic mass is 10.0. The fourth-order valence-electron chi connectivity index (χ4n) is 2.35. The van der Waals surface area contributed by atoms with Gasteiger partial charge in [-0.3, -0.25) is 4.90 Å². The summed E-state index contributed by atoms with van der Waals surface area (Å²) in [5.74, 6) is 0.367. The third-order valence-electron chi connectivity index (χ3n) is 3.34. The number of likely N-dealkylation sites (N-methyl/N-ethyl adjacent to an activating group) is 1. The summed E-state index contributed by atoms with van der Waals surface area (Å²) in [5, 5.41) is 0. The SMILES string of the molecule is CCOc1cc(C(CN)N(CC)CC)ccc1OC(F)F. The first-order valence-electron chi connectivity index (χ1n) is 7.22. The van der Waals surface area contributed by atoms with Crippen LogP contribution in [0.15, 0.2) is 18.2 Å². The molecule has 6 heteroatoms. The van der Waals surface area contributed by atoms with Gasteiger partial charge in [0, 0.05) is 12.6 Å². The van der Waals surface area contributed by atoms with E-state index in [-0.39, 0.29) is 11.8 Å². The molecule has 2 N–H and O–H groups in total. The largest absolute Gasteiger partial charge is 0.490 e. The van der Waals surface area contributed by atoms with Crippen molar-refractivity contribution in [1.29, 1.82) is 0 Å². The Bertz CT molecular complexity index is 426. The van der Waals surface area contributed by atoms with Crippen LogP contribution in [0.25, 0.3) is 0 Å². The Morgan fingerprint density at radius 3 is 2.29 bits per heavy atom. The summed E-state index contributed by atoms with van der Waals surface area (Å²) in [7, 11) is 0. The van der Waals surface area contributed by atoms with Gasteiger partial charge in [0.1, 0.15) is 0 Å². The Hall–Kier alpha value is -1.40. The minimum absolute atomic E-state index is 0.0276. The first-order chi connectivity index (χ1) is 10.1. The second kappa shape index (κ2) is 8.79. The van der Waals surface area contributed by atoms with E-state index in [0.717, 1.165) is 18.7 Å². The van der Waals surface area contributed by atoms with Crippen LogP contribution in [-0.2, 0) is 0 Å². The average molecular weight is 302 g/mol. The van der Waals surface area contributed by atoms with E-state index in [4.69, 9.17) is 10.5 Å². The lowest BCUT2D eigenvalue weighted by Gasteiger charge is -2.29. The van der Waals surface area contributed by atoms with Gasteiger partial charge in [-0.05, 0) is 37.7 Å². The van der Waals surface area contributed by atoms with E-state index in [2.05, 4.69) is 23.5 Å². The molecule has 120 valence electrons. The van der Waals surface area contributed by atoms with E-state index in [1.807, 2.05) is 0 Å². The van der Waals surface area contributed by atoms with Crippen LogP contribution in [0.2, 0.25) is 0 Å². The van der Waals surface area contributed by atoms with Gasteiger partial charge in [-0.1, -0.05) is 19.9 Å². The van der Waals surface area contributed by atoms with Gasteiger partial charge in [0.05, 0.1) is 6.61 Å². The van der Waals surface area contributed by atoms with Crippen molar-refractivity contribution in [3.63, 3.8) is 0 Å². The predicted molar refractivity (Wildman–Crippen MR) is 79.0 cm³/mol. The van der Waals surface area contributed by atoms with E-state index < -0.39 is 6.61 Å². The number of alkyl halides is 2. The number of halogens is 2. The monoisotopic (exact) mass is 302 g/mol. The maximum atomic E-state index is 12.4. The number of hydrogen-bond acceptors (Lipinski definition) is 4. The van der Waals surface area contributed by atoms with E-state index in [0.29, 0.717) is 18.9 Å². The van der Waals surface area contributed by atoms with Crippen LogP contribution < -0.4 is 15.2 Å². The van der Waals surface area contributed by atoms with Crippen molar-refractivity contribution in [3.05, 3.63) is 23.8 Å². The molecule has 1 atom stereocenters. The minimum atomic E-state index is -2.87. The number of ether oxygens (including phenoxy) is 2. The van der Waals surface area contributed by atoms with Crippen molar-refractivity contribution in [2.45, 2.75) is 33.4 Å². The molecule has 0 fully saturated rings. The molecule has 21 heavy (non-hydrogen) atoms. The van der Waals surface area contributed by atoms with Crippen molar-refractivity contribution in [2.24, 2.45) is 5.73 Å². The first-order valence-corrected chi connectivity index (χ1v) is 7.22. The maximum Gasteiger partial charge on any atom is 0.387 e. The quantitative estimate of drug-likeness (QED) is 0.761. The number of nitrogens with zero attached hydrogens (tertiary/aromatic N) is 1. The van der Waals surface area contributed by atoms with Crippen molar-refractivity contribution >= 4 is 0 Å².